The van der Waals surface area contributed by atoms with Crippen LogP contribution in [0.2, 0.25) is 0 Å². The Kier molecular flexibility index (Phi) is 5.23. The number of aromatic nitrogens is 3. The molecule has 0 unspecified atom stereocenters. The normalized spacial score (nSPS) is 11.8. The molecule has 2 aromatic carbocycles. The second-order valence-corrected chi connectivity index (χ2v) is 7.41. The van der Waals surface area contributed by atoms with Crippen LogP contribution in [0.15, 0.2) is 70.7 Å². The Labute approximate surface area is 175 Å². The molecule has 30 heavy (non-hydrogen) atoms. The zero-order chi connectivity index (χ0) is 21.3. The summed E-state index contributed by atoms with van der Waals surface area (Å²) >= 11 is 0. The number of anilines is 1. The number of fused-ring (bicyclic) bond motifs is 1. The molecular formula is C24H25N5O. The number of benzene rings is 2. The Morgan fingerprint density at radius 3 is 2.63 bits per heavy atom. The van der Waals surface area contributed by atoms with Gasteiger partial charge in [-0.25, -0.2) is 9.67 Å². The van der Waals surface area contributed by atoms with Crippen LogP contribution in [0, 0.1) is 6.92 Å². The maximum Gasteiger partial charge on any atom is 0.280 e. The fraction of sp³-hybridized carbons (Fsp3) is 0.208. The van der Waals surface area contributed by atoms with Crippen molar-refractivity contribution < 1.29 is 0 Å². The highest BCUT2D eigenvalue weighted by atomic mass is 16.1. The van der Waals surface area contributed by atoms with Crippen molar-refractivity contribution in [1.82, 2.24) is 14.3 Å². The average Bonchev–Trinajstić information content (AvgIpc) is 3.06. The first kappa shape index (κ1) is 19.6. The van der Waals surface area contributed by atoms with Crippen LogP contribution < -0.4 is 11.0 Å². The molecule has 0 atom stereocenters. The standard InChI is InChI=1S/C24H25N5O/c1-5-18-11-12-20-16(2)13-23(25-22(20)14-18)27-26-17(3)21-15-28(4)29(24(21)30)19-9-7-6-8-10-19/h6-15H,5H2,1-4H3,(H,25,27)/b26-17+. The lowest BCUT2D eigenvalue weighted by atomic mass is 10.1. The van der Waals surface area contributed by atoms with E-state index in [0.29, 0.717) is 17.1 Å². The molecule has 0 aliphatic rings. The molecular weight excluding hydrogens is 374 g/mol. The highest BCUT2D eigenvalue weighted by Crippen LogP contribution is 2.22. The van der Waals surface area contributed by atoms with Crippen molar-refractivity contribution in [3.8, 4) is 5.69 Å². The van der Waals surface area contributed by atoms with E-state index in [-0.39, 0.29) is 5.56 Å². The molecule has 4 aromatic rings. The van der Waals surface area contributed by atoms with Gasteiger partial charge in [-0.15, -0.1) is 0 Å². The van der Waals surface area contributed by atoms with Crippen LogP contribution in [0.1, 0.15) is 30.5 Å². The Balaban J connectivity index is 1.66. The zero-order valence-corrected chi connectivity index (χ0v) is 17.7. The minimum Gasteiger partial charge on any atom is -0.288 e. The van der Waals surface area contributed by atoms with Crippen LogP contribution in [0.25, 0.3) is 16.6 Å². The van der Waals surface area contributed by atoms with E-state index in [9.17, 15) is 4.79 Å². The Bertz CT molecular complexity index is 1300. The van der Waals surface area contributed by atoms with Crippen molar-refractivity contribution in [3.63, 3.8) is 0 Å². The van der Waals surface area contributed by atoms with Gasteiger partial charge in [0.2, 0.25) is 0 Å². The van der Waals surface area contributed by atoms with Gasteiger partial charge in [0.05, 0.1) is 22.5 Å². The first-order valence-corrected chi connectivity index (χ1v) is 10.0. The van der Waals surface area contributed by atoms with Crippen LogP contribution in [0.4, 0.5) is 5.82 Å². The van der Waals surface area contributed by atoms with Gasteiger partial charge in [-0.1, -0.05) is 37.3 Å². The fourth-order valence-corrected chi connectivity index (χ4v) is 3.60. The van der Waals surface area contributed by atoms with Crippen LogP contribution in [-0.4, -0.2) is 20.1 Å². The van der Waals surface area contributed by atoms with E-state index >= 15 is 0 Å². The molecule has 1 N–H and O–H groups in total. The van der Waals surface area contributed by atoms with Gasteiger partial charge in [0.15, 0.2) is 0 Å². The third-order valence-electron chi connectivity index (χ3n) is 5.27. The summed E-state index contributed by atoms with van der Waals surface area (Å²) in [5.41, 5.74) is 8.20. The predicted molar refractivity (Wildman–Crippen MR) is 123 cm³/mol. The average molecular weight is 399 g/mol. The fourth-order valence-electron chi connectivity index (χ4n) is 3.60. The summed E-state index contributed by atoms with van der Waals surface area (Å²) < 4.78 is 3.40. The molecule has 2 heterocycles. The zero-order valence-electron chi connectivity index (χ0n) is 17.7. The Morgan fingerprint density at radius 2 is 1.90 bits per heavy atom. The molecule has 0 saturated heterocycles. The third-order valence-corrected chi connectivity index (χ3v) is 5.27. The first-order chi connectivity index (χ1) is 14.5. The summed E-state index contributed by atoms with van der Waals surface area (Å²) in [6, 6.07) is 17.9. The van der Waals surface area contributed by atoms with E-state index in [1.165, 1.54) is 5.56 Å². The van der Waals surface area contributed by atoms with Crippen molar-refractivity contribution >= 4 is 22.4 Å². The number of nitrogens with zero attached hydrogens (tertiary/aromatic N) is 4. The van der Waals surface area contributed by atoms with Gasteiger partial charge in [-0.05, 0) is 55.7 Å². The second kappa shape index (κ2) is 7.99. The van der Waals surface area contributed by atoms with Crippen molar-refractivity contribution in [2.75, 3.05) is 5.43 Å². The topological polar surface area (TPSA) is 64.2 Å². The van der Waals surface area contributed by atoms with Gasteiger partial charge >= 0.3 is 0 Å². The minimum absolute atomic E-state index is 0.109. The monoisotopic (exact) mass is 399 g/mol. The van der Waals surface area contributed by atoms with E-state index < -0.39 is 0 Å². The van der Waals surface area contributed by atoms with Crippen molar-refractivity contribution in [3.05, 3.63) is 87.8 Å². The summed E-state index contributed by atoms with van der Waals surface area (Å²) in [4.78, 5) is 17.7. The SMILES string of the molecule is CCc1ccc2c(C)cc(N/N=C(\C)c3cn(C)n(-c4ccccc4)c3=O)nc2c1. The summed E-state index contributed by atoms with van der Waals surface area (Å²) in [5, 5.41) is 5.57. The van der Waals surface area contributed by atoms with Crippen molar-refractivity contribution in [2.24, 2.45) is 12.1 Å². The summed E-state index contributed by atoms with van der Waals surface area (Å²) in [6.07, 6.45) is 2.76. The molecule has 0 radical (unpaired) electrons. The molecule has 0 aliphatic heterocycles. The maximum absolute atomic E-state index is 13.0. The van der Waals surface area contributed by atoms with Gasteiger partial charge < -0.3 is 0 Å². The van der Waals surface area contributed by atoms with Crippen molar-refractivity contribution in [1.29, 1.82) is 0 Å². The van der Waals surface area contributed by atoms with Crippen LogP contribution in [0.5, 0.6) is 0 Å². The molecule has 4 rings (SSSR count). The molecule has 0 saturated carbocycles. The third kappa shape index (κ3) is 3.64. The molecule has 6 heteroatoms. The number of pyridine rings is 1. The van der Waals surface area contributed by atoms with Gasteiger partial charge in [-0.2, -0.15) is 5.10 Å². The molecule has 0 spiro atoms. The lowest BCUT2D eigenvalue weighted by Crippen LogP contribution is -2.22. The van der Waals surface area contributed by atoms with Gasteiger partial charge in [-0.3, -0.25) is 14.9 Å². The summed E-state index contributed by atoms with van der Waals surface area (Å²) in [6.45, 7) is 6.02. The molecule has 0 aliphatic carbocycles. The number of rotatable bonds is 5. The van der Waals surface area contributed by atoms with Crippen LogP contribution in [0.3, 0.4) is 0 Å². The number of hydrogen-bond donors (Lipinski definition) is 1. The Morgan fingerprint density at radius 1 is 1.13 bits per heavy atom. The predicted octanol–water partition coefficient (Wildman–Crippen LogP) is 4.43. The second-order valence-electron chi connectivity index (χ2n) is 7.41. The van der Waals surface area contributed by atoms with Gasteiger partial charge in [0.1, 0.15) is 5.82 Å². The lowest BCUT2D eigenvalue weighted by Gasteiger charge is -2.08. The number of nitrogens with one attached hydrogen (secondary N) is 1. The largest absolute Gasteiger partial charge is 0.288 e. The van der Waals surface area contributed by atoms with E-state index in [1.807, 2.05) is 50.4 Å². The molecule has 0 amide bonds. The van der Waals surface area contributed by atoms with Crippen molar-refractivity contribution in [2.45, 2.75) is 27.2 Å². The molecule has 152 valence electrons. The minimum atomic E-state index is -0.109. The number of hydrazone groups is 1. The van der Waals surface area contributed by atoms with Gasteiger partial charge in [0.25, 0.3) is 5.56 Å². The number of aryl methyl sites for hydroxylation is 3. The number of para-hydroxylation sites is 1. The Hall–Kier alpha value is -3.67. The van der Waals surface area contributed by atoms with E-state index in [0.717, 1.165) is 28.6 Å². The van der Waals surface area contributed by atoms with E-state index in [2.05, 4.69) is 42.6 Å². The van der Waals surface area contributed by atoms with Crippen LogP contribution >= 0.6 is 0 Å². The molecule has 0 bridgehead atoms. The highest BCUT2D eigenvalue weighted by molar-refractivity contribution is 5.98. The quantitative estimate of drug-likeness (QED) is 0.399. The number of hydrogen-bond acceptors (Lipinski definition) is 4. The van der Waals surface area contributed by atoms with E-state index in [1.54, 1.807) is 15.6 Å². The van der Waals surface area contributed by atoms with E-state index in [4.69, 9.17) is 4.98 Å². The lowest BCUT2D eigenvalue weighted by molar-refractivity contribution is 0.646. The molecule has 2 aromatic heterocycles. The molecule has 6 nitrogen and oxygen atoms in total. The highest BCUT2D eigenvalue weighted by Gasteiger charge is 2.13. The summed E-state index contributed by atoms with van der Waals surface area (Å²) in [5.74, 6) is 0.659. The molecule has 0 fully saturated rings. The first-order valence-electron chi connectivity index (χ1n) is 10.0. The van der Waals surface area contributed by atoms with Gasteiger partial charge in [0, 0.05) is 18.6 Å². The van der Waals surface area contributed by atoms with Crippen LogP contribution in [-0.2, 0) is 13.5 Å². The smallest absolute Gasteiger partial charge is 0.280 e. The maximum atomic E-state index is 13.0. The summed E-state index contributed by atoms with van der Waals surface area (Å²) in [7, 11) is 1.85.